The van der Waals surface area contributed by atoms with Gasteiger partial charge in [-0.05, 0) is 37.6 Å². The molecule has 0 aromatic heterocycles. The second-order valence-corrected chi connectivity index (χ2v) is 4.66. The minimum Gasteiger partial charge on any atom is -0.303 e. The van der Waals surface area contributed by atoms with Crippen molar-refractivity contribution >= 4 is 0 Å². The van der Waals surface area contributed by atoms with Crippen LogP contribution in [0.2, 0.25) is 0 Å². The number of terminal acetylenes is 1. The summed E-state index contributed by atoms with van der Waals surface area (Å²) in [7, 11) is 0. The summed E-state index contributed by atoms with van der Waals surface area (Å²) in [4.78, 5) is 0. The molecule has 80 valence electrons. The third kappa shape index (κ3) is 3.72. The highest BCUT2D eigenvalue weighted by molar-refractivity contribution is 4.98. The van der Waals surface area contributed by atoms with Crippen molar-refractivity contribution in [3.63, 3.8) is 0 Å². The summed E-state index contributed by atoms with van der Waals surface area (Å²) < 4.78 is 0. The van der Waals surface area contributed by atoms with E-state index < -0.39 is 0 Å². The van der Waals surface area contributed by atoms with Crippen LogP contribution in [0.25, 0.3) is 0 Å². The van der Waals surface area contributed by atoms with Crippen LogP contribution in [-0.4, -0.2) is 12.6 Å². The lowest BCUT2D eigenvalue weighted by molar-refractivity contribution is 0.278. The second kappa shape index (κ2) is 6.09. The summed E-state index contributed by atoms with van der Waals surface area (Å²) in [6, 6.07) is 0.286. The molecule has 0 amide bonds. The van der Waals surface area contributed by atoms with Crippen LogP contribution in [0.3, 0.4) is 0 Å². The average Bonchev–Trinajstić information content (AvgIpc) is 2.22. The maximum atomic E-state index is 5.41. The molecule has 0 bridgehead atoms. The molecule has 0 radical (unpaired) electrons. The molecular weight excluding hydrogens is 170 g/mol. The van der Waals surface area contributed by atoms with Gasteiger partial charge in [0.15, 0.2) is 0 Å². The highest BCUT2D eigenvalue weighted by Gasteiger charge is 2.18. The first-order valence-electron chi connectivity index (χ1n) is 5.95. The Kier molecular flexibility index (Phi) is 5.04. The first-order chi connectivity index (χ1) is 6.76. The molecule has 1 fully saturated rings. The largest absolute Gasteiger partial charge is 0.303 e. The van der Waals surface area contributed by atoms with E-state index in [0.29, 0.717) is 0 Å². The van der Waals surface area contributed by atoms with Gasteiger partial charge in [0, 0.05) is 0 Å². The Morgan fingerprint density at radius 1 is 1.36 bits per heavy atom. The lowest BCUT2D eigenvalue weighted by Gasteiger charge is -2.27. The molecular formula is C13H23N. The van der Waals surface area contributed by atoms with Gasteiger partial charge in [0.1, 0.15) is 0 Å². The second-order valence-electron chi connectivity index (χ2n) is 4.66. The summed E-state index contributed by atoms with van der Waals surface area (Å²) >= 11 is 0. The van der Waals surface area contributed by atoms with E-state index >= 15 is 0 Å². The Morgan fingerprint density at radius 3 is 2.50 bits per heavy atom. The zero-order valence-corrected chi connectivity index (χ0v) is 9.55. The molecule has 1 heteroatoms. The van der Waals surface area contributed by atoms with E-state index in [1.807, 2.05) is 0 Å². The molecule has 0 heterocycles. The monoisotopic (exact) mass is 193 g/mol. The molecule has 0 aromatic carbocycles. The summed E-state index contributed by atoms with van der Waals surface area (Å²) in [5, 5.41) is 3.47. The fourth-order valence-corrected chi connectivity index (χ4v) is 2.16. The van der Waals surface area contributed by atoms with E-state index in [1.165, 1.54) is 25.7 Å². The molecule has 0 aliphatic heterocycles. The number of hydrogen-bond donors (Lipinski definition) is 1. The van der Waals surface area contributed by atoms with Gasteiger partial charge in [0.05, 0.1) is 6.04 Å². The minimum atomic E-state index is 0.286. The van der Waals surface area contributed by atoms with Crippen LogP contribution in [0.15, 0.2) is 0 Å². The standard InChI is InChI=1S/C13H23N/c1-4-13(5-2)14-10-12-8-6-11(3)7-9-12/h1,11-14H,5-10H2,2-3H3. The van der Waals surface area contributed by atoms with Gasteiger partial charge >= 0.3 is 0 Å². The Bertz CT molecular complexity index is 184. The van der Waals surface area contributed by atoms with Gasteiger partial charge in [-0.2, -0.15) is 0 Å². The number of hydrogen-bond acceptors (Lipinski definition) is 1. The highest BCUT2D eigenvalue weighted by atomic mass is 14.9. The zero-order chi connectivity index (χ0) is 10.4. The molecule has 1 N–H and O–H groups in total. The third-order valence-electron chi connectivity index (χ3n) is 3.40. The summed E-state index contributed by atoms with van der Waals surface area (Å²) in [6.45, 7) is 5.62. The van der Waals surface area contributed by atoms with E-state index in [1.54, 1.807) is 0 Å². The zero-order valence-electron chi connectivity index (χ0n) is 9.55. The van der Waals surface area contributed by atoms with Gasteiger partial charge < -0.3 is 5.32 Å². The van der Waals surface area contributed by atoms with Gasteiger partial charge in [-0.25, -0.2) is 0 Å². The van der Waals surface area contributed by atoms with Crippen molar-refractivity contribution in [2.75, 3.05) is 6.54 Å². The maximum Gasteiger partial charge on any atom is 0.0684 e. The highest BCUT2D eigenvalue weighted by Crippen LogP contribution is 2.27. The summed E-state index contributed by atoms with van der Waals surface area (Å²) in [5.74, 6) is 4.60. The molecule has 0 aromatic rings. The van der Waals surface area contributed by atoms with Gasteiger partial charge in [-0.15, -0.1) is 6.42 Å². The summed E-state index contributed by atoms with van der Waals surface area (Å²) in [6.07, 6.45) is 12.0. The van der Waals surface area contributed by atoms with E-state index in [2.05, 4.69) is 25.1 Å². The topological polar surface area (TPSA) is 12.0 Å². The fraction of sp³-hybridized carbons (Fsp3) is 0.846. The Balaban J connectivity index is 2.16. The van der Waals surface area contributed by atoms with Crippen LogP contribution in [0, 0.1) is 24.2 Å². The van der Waals surface area contributed by atoms with Crippen LogP contribution >= 0.6 is 0 Å². The summed E-state index contributed by atoms with van der Waals surface area (Å²) in [5.41, 5.74) is 0. The van der Waals surface area contributed by atoms with E-state index in [9.17, 15) is 0 Å². The fourth-order valence-electron chi connectivity index (χ4n) is 2.16. The first-order valence-corrected chi connectivity index (χ1v) is 5.95. The Labute approximate surface area is 88.7 Å². The Morgan fingerprint density at radius 2 is 2.00 bits per heavy atom. The van der Waals surface area contributed by atoms with Crippen molar-refractivity contribution in [2.24, 2.45) is 11.8 Å². The van der Waals surface area contributed by atoms with Crippen molar-refractivity contribution in [3.8, 4) is 12.3 Å². The molecule has 0 spiro atoms. The molecule has 1 unspecified atom stereocenters. The molecule has 1 saturated carbocycles. The molecule has 14 heavy (non-hydrogen) atoms. The molecule has 1 atom stereocenters. The first kappa shape index (κ1) is 11.6. The van der Waals surface area contributed by atoms with Gasteiger partial charge in [0.2, 0.25) is 0 Å². The van der Waals surface area contributed by atoms with E-state index in [-0.39, 0.29) is 6.04 Å². The quantitative estimate of drug-likeness (QED) is 0.677. The molecule has 1 aliphatic carbocycles. The third-order valence-corrected chi connectivity index (χ3v) is 3.40. The predicted molar refractivity (Wildman–Crippen MR) is 62.0 cm³/mol. The minimum absolute atomic E-state index is 0.286. The molecule has 1 nitrogen and oxygen atoms in total. The van der Waals surface area contributed by atoms with Gasteiger partial charge in [-0.1, -0.05) is 32.6 Å². The van der Waals surface area contributed by atoms with Crippen LogP contribution < -0.4 is 5.32 Å². The van der Waals surface area contributed by atoms with Crippen molar-refractivity contribution in [1.82, 2.24) is 5.32 Å². The smallest absolute Gasteiger partial charge is 0.0684 e. The van der Waals surface area contributed by atoms with Crippen molar-refractivity contribution < 1.29 is 0 Å². The van der Waals surface area contributed by atoms with E-state index in [0.717, 1.165) is 24.8 Å². The van der Waals surface area contributed by atoms with Crippen molar-refractivity contribution in [3.05, 3.63) is 0 Å². The molecule has 1 rings (SSSR count). The van der Waals surface area contributed by atoms with Crippen LogP contribution in [0.5, 0.6) is 0 Å². The number of rotatable bonds is 4. The SMILES string of the molecule is C#CC(CC)NCC1CCC(C)CC1. The van der Waals surface area contributed by atoms with Crippen LogP contribution in [0.4, 0.5) is 0 Å². The van der Waals surface area contributed by atoms with Crippen molar-refractivity contribution in [1.29, 1.82) is 0 Å². The number of nitrogens with one attached hydrogen (secondary N) is 1. The van der Waals surface area contributed by atoms with Crippen molar-refractivity contribution in [2.45, 2.75) is 52.0 Å². The van der Waals surface area contributed by atoms with Gasteiger partial charge in [-0.3, -0.25) is 0 Å². The molecule has 1 aliphatic rings. The van der Waals surface area contributed by atoms with E-state index in [4.69, 9.17) is 6.42 Å². The predicted octanol–water partition coefficient (Wildman–Crippen LogP) is 2.81. The maximum absolute atomic E-state index is 5.41. The lowest BCUT2D eigenvalue weighted by Crippen LogP contribution is -2.33. The van der Waals surface area contributed by atoms with Crippen LogP contribution in [0.1, 0.15) is 46.0 Å². The normalized spacial score (nSPS) is 29.5. The Hall–Kier alpha value is -0.480. The lowest BCUT2D eigenvalue weighted by atomic mass is 9.83. The average molecular weight is 193 g/mol. The van der Waals surface area contributed by atoms with Gasteiger partial charge in [0.25, 0.3) is 0 Å². The van der Waals surface area contributed by atoms with Crippen LogP contribution in [-0.2, 0) is 0 Å². The molecule has 0 saturated heterocycles.